The van der Waals surface area contributed by atoms with Crippen molar-refractivity contribution in [1.29, 1.82) is 0 Å². The molecule has 25 heavy (non-hydrogen) atoms. The lowest BCUT2D eigenvalue weighted by Crippen LogP contribution is -2.37. The van der Waals surface area contributed by atoms with Crippen LogP contribution in [0.5, 0.6) is 0 Å². The van der Waals surface area contributed by atoms with Gasteiger partial charge in [-0.25, -0.2) is 9.97 Å². The average molecular weight is 342 g/mol. The lowest BCUT2D eigenvalue weighted by molar-refractivity contribution is 0.122. The van der Waals surface area contributed by atoms with Crippen molar-refractivity contribution in [3.63, 3.8) is 0 Å². The first kappa shape index (κ1) is 16.0. The molecule has 2 aromatic rings. The Hall–Kier alpha value is -2.45. The van der Waals surface area contributed by atoms with Crippen LogP contribution in [0.3, 0.4) is 0 Å². The fourth-order valence-electron chi connectivity index (χ4n) is 3.38. The molecule has 0 amide bonds. The summed E-state index contributed by atoms with van der Waals surface area (Å²) in [5.74, 6) is 1.19. The molecule has 2 aliphatic heterocycles. The molecule has 4 heterocycles. The van der Waals surface area contributed by atoms with E-state index in [1.807, 2.05) is 6.20 Å². The third-order valence-corrected chi connectivity index (χ3v) is 4.72. The number of hydrogen-bond acceptors (Lipinski definition) is 7. The second kappa shape index (κ2) is 6.81. The minimum atomic E-state index is -0.131. The minimum Gasteiger partial charge on any atom is -0.378 e. The lowest BCUT2D eigenvalue weighted by Gasteiger charge is -2.29. The average Bonchev–Trinajstić information content (AvgIpc) is 2.63. The van der Waals surface area contributed by atoms with Crippen LogP contribution in [-0.2, 0) is 24.2 Å². The summed E-state index contributed by atoms with van der Waals surface area (Å²) in [5, 5.41) is 0. The highest BCUT2D eigenvalue weighted by atomic mass is 16.5. The van der Waals surface area contributed by atoms with Gasteiger partial charge in [0.2, 0.25) is 5.95 Å². The van der Waals surface area contributed by atoms with Gasteiger partial charge in [0, 0.05) is 45.3 Å². The molecule has 8 heteroatoms. The zero-order valence-corrected chi connectivity index (χ0v) is 14.1. The zero-order valence-electron chi connectivity index (χ0n) is 14.1. The highest BCUT2D eigenvalue weighted by Crippen LogP contribution is 2.18. The van der Waals surface area contributed by atoms with E-state index in [0.717, 1.165) is 68.5 Å². The Morgan fingerprint density at radius 2 is 2.08 bits per heavy atom. The number of nitrogens with two attached hydrogens (primary N) is 1. The van der Waals surface area contributed by atoms with E-state index < -0.39 is 0 Å². The van der Waals surface area contributed by atoms with Crippen molar-refractivity contribution < 1.29 is 4.74 Å². The molecule has 3 N–H and O–H groups in total. The maximum atomic E-state index is 12.1. The number of fused-ring (bicyclic) bond motifs is 1. The maximum absolute atomic E-state index is 12.1. The molecule has 8 nitrogen and oxygen atoms in total. The normalized spacial score (nSPS) is 18.2. The predicted octanol–water partition coefficient (Wildman–Crippen LogP) is 0.142. The van der Waals surface area contributed by atoms with E-state index >= 15 is 0 Å². The van der Waals surface area contributed by atoms with Crippen LogP contribution in [0.4, 0.5) is 11.8 Å². The third-order valence-electron chi connectivity index (χ3n) is 4.72. The largest absolute Gasteiger partial charge is 0.378 e. The molecule has 0 radical (unpaired) electrons. The van der Waals surface area contributed by atoms with E-state index in [9.17, 15) is 4.79 Å². The van der Waals surface area contributed by atoms with Crippen LogP contribution >= 0.6 is 0 Å². The number of aromatic nitrogens is 3. The van der Waals surface area contributed by atoms with E-state index in [1.165, 1.54) is 0 Å². The molecule has 0 aromatic carbocycles. The molecule has 0 spiro atoms. The molecule has 0 atom stereocenters. The molecular formula is C17H22N6O2. The first-order valence-corrected chi connectivity index (χ1v) is 8.56. The number of morpholine rings is 1. The molecule has 0 aliphatic carbocycles. The first-order valence-electron chi connectivity index (χ1n) is 8.56. The number of ether oxygens (including phenoxy) is 1. The van der Waals surface area contributed by atoms with Gasteiger partial charge in [-0.05, 0) is 11.6 Å². The Kier molecular flexibility index (Phi) is 4.37. The number of nitrogens with zero attached hydrogens (tertiary/aromatic N) is 4. The molecule has 1 fully saturated rings. The molecule has 2 aliphatic rings. The summed E-state index contributed by atoms with van der Waals surface area (Å²) in [6.45, 7) is 5.48. The van der Waals surface area contributed by atoms with Crippen LogP contribution in [0.25, 0.3) is 0 Å². The van der Waals surface area contributed by atoms with Gasteiger partial charge >= 0.3 is 0 Å². The summed E-state index contributed by atoms with van der Waals surface area (Å²) in [6.07, 6.45) is 2.66. The number of hydrogen-bond donors (Lipinski definition) is 2. The summed E-state index contributed by atoms with van der Waals surface area (Å²) in [6, 6.07) is 4.17. The molecule has 132 valence electrons. The fourth-order valence-corrected chi connectivity index (χ4v) is 3.38. The quantitative estimate of drug-likeness (QED) is 0.818. The second-order valence-electron chi connectivity index (χ2n) is 6.46. The lowest BCUT2D eigenvalue weighted by atomic mass is 10.1. The standard InChI is InChI=1S/C17H22N6O2/c18-17-20-14-3-4-22(11-13(14)16(24)21-17)10-12-1-2-15(19-9-12)23-5-7-25-8-6-23/h1-2,9H,3-8,10-11H2,(H3,18,20,21,24). The van der Waals surface area contributed by atoms with Gasteiger partial charge < -0.3 is 15.4 Å². The molecule has 0 bridgehead atoms. The van der Waals surface area contributed by atoms with Crippen molar-refractivity contribution in [3.05, 3.63) is 45.5 Å². The number of aromatic amines is 1. The van der Waals surface area contributed by atoms with Crippen LogP contribution in [0.15, 0.2) is 23.1 Å². The fraction of sp³-hybridized carbons (Fsp3) is 0.471. The molecule has 1 saturated heterocycles. The Labute approximate surface area is 145 Å². The van der Waals surface area contributed by atoms with Gasteiger partial charge in [0.1, 0.15) is 5.82 Å². The van der Waals surface area contributed by atoms with Crippen LogP contribution in [-0.4, -0.2) is 52.7 Å². The number of rotatable bonds is 3. The van der Waals surface area contributed by atoms with Gasteiger partial charge in [-0.15, -0.1) is 0 Å². The Morgan fingerprint density at radius 3 is 2.84 bits per heavy atom. The maximum Gasteiger partial charge on any atom is 0.257 e. The van der Waals surface area contributed by atoms with E-state index in [1.54, 1.807) is 0 Å². The van der Waals surface area contributed by atoms with E-state index in [0.29, 0.717) is 6.54 Å². The highest BCUT2D eigenvalue weighted by molar-refractivity contribution is 5.39. The van der Waals surface area contributed by atoms with Crippen LogP contribution in [0, 0.1) is 0 Å². The highest BCUT2D eigenvalue weighted by Gasteiger charge is 2.21. The van der Waals surface area contributed by atoms with E-state index in [2.05, 4.69) is 36.9 Å². The van der Waals surface area contributed by atoms with E-state index in [4.69, 9.17) is 10.5 Å². The number of anilines is 2. The smallest absolute Gasteiger partial charge is 0.257 e. The molecule has 4 rings (SSSR count). The van der Waals surface area contributed by atoms with Gasteiger partial charge in [-0.2, -0.15) is 0 Å². The predicted molar refractivity (Wildman–Crippen MR) is 94.4 cm³/mol. The summed E-state index contributed by atoms with van der Waals surface area (Å²) >= 11 is 0. The van der Waals surface area contributed by atoms with Crippen LogP contribution in [0.2, 0.25) is 0 Å². The van der Waals surface area contributed by atoms with Crippen molar-refractivity contribution >= 4 is 11.8 Å². The second-order valence-corrected chi connectivity index (χ2v) is 6.46. The summed E-state index contributed by atoms with van der Waals surface area (Å²) in [5.41, 5.74) is 8.16. The Morgan fingerprint density at radius 1 is 1.24 bits per heavy atom. The van der Waals surface area contributed by atoms with Gasteiger partial charge in [0.25, 0.3) is 5.56 Å². The first-order chi connectivity index (χ1) is 12.2. The molecule has 2 aromatic heterocycles. The number of pyridine rings is 1. The summed E-state index contributed by atoms with van der Waals surface area (Å²) in [4.78, 5) is 28.0. The minimum absolute atomic E-state index is 0.131. The summed E-state index contributed by atoms with van der Waals surface area (Å²) < 4.78 is 5.37. The van der Waals surface area contributed by atoms with Crippen LogP contribution in [0.1, 0.15) is 16.8 Å². The van der Waals surface area contributed by atoms with Gasteiger partial charge in [-0.3, -0.25) is 14.7 Å². The van der Waals surface area contributed by atoms with Crippen LogP contribution < -0.4 is 16.2 Å². The third kappa shape index (κ3) is 3.49. The van der Waals surface area contributed by atoms with Gasteiger partial charge in [0.15, 0.2) is 0 Å². The monoisotopic (exact) mass is 342 g/mol. The Bertz CT molecular complexity index is 798. The SMILES string of the molecule is Nc1nc2c(c(=O)[nH]1)CN(Cc1ccc(N3CCOCC3)nc1)CC2. The van der Waals surface area contributed by atoms with Crippen molar-refractivity contribution in [3.8, 4) is 0 Å². The van der Waals surface area contributed by atoms with Gasteiger partial charge in [0.05, 0.1) is 24.5 Å². The van der Waals surface area contributed by atoms with Gasteiger partial charge in [-0.1, -0.05) is 6.07 Å². The van der Waals surface area contributed by atoms with Crippen molar-refractivity contribution in [2.24, 2.45) is 0 Å². The molecule has 0 saturated carbocycles. The number of H-pyrrole nitrogens is 1. The number of nitrogens with one attached hydrogen (secondary N) is 1. The molecule has 0 unspecified atom stereocenters. The molecular weight excluding hydrogens is 320 g/mol. The summed E-state index contributed by atoms with van der Waals surface area (Å²) in [7, 11) is 0. The van der Waals surface area contributed by atoms with Crippen molar-refractivity contribution in [2.75, 3.05) is 43.5 Å². The number of nitrogen functional groups attached to an aromatic ring is 1. The van der Waals surface area contributed by atoms with Crippen molar-refractivity contribution in [1.82, 2.24) is 19.9 Å². The zero-order chi connectivity index (χ0) is 17.2. The topological polar surface area (TPSA) is 100 Å². The van der Waals surface area contributed by atoms with Crippen molar-refractivity contribution in [2.45, 2.75) is 19.5 Å². The Balaban J connectivity index is 1.43. The van der Waals surface area contributed by atoms with E-state index in [-0.39, 0.29) is 11.5 Å².